The summed E-state index contributed by atoms with van der Waals surface area (Å²) >= 11 is 0. The van der Waals surface area contributed by atoms with Gasteiger partial charge >= 0.3 is 0 Å². The molecular formula is C16H22N6. The second-order valence-electron chi connectivity index (χ2n) is 5.61. The molecule has 3 heterocycles. The standard InChI is InChI=1S/C16H22N6/c17-7-1-13-5-11-22(12-6-13)15-4-10-19-16(21-15)20-14-2-8-18-9-3-14/h2-4,8-10,13H,1,5-7,11-12,17H2,(H,18,19,20,21). The van der Waals surface area contributed by atoms with Crippen LogP contribution in [-0.2, 0) is 0 Å². The summed E-state index contributed by atoms with van der Waals surface area (Å²) in [5.41, 5.74) is 6.59. The van der Waals surface area contributed by atoms with Crippen LogP contribution < -0.4 is 16.0 Å². The SMILES string of the molecule is NCCC1CCN(c2ccnc(Nc3ccncc3)n2)CC1. The minimum Gasteiger partial charge on any atom is -0.356 e. The van der Waals surface area contributed by atoms with Crippen LogP contribution in [0.4, 0.5) is 17.5 Å². The second-order valence-corrected chi connectivity index (χ2v) is 5.61. The molecule has 0 spiro atoms. The highest BCUT2D eigenvalue weighted by atomic mass is 15.2. The van der Waals surface area contributed by atoms with Crippen molar-refractivity contribution in [3.05, 3.63) is 36.8 Å². The number of aromatic nitrogens is 3. The zero-order chi connectivity index (χ0) is 15.2. The molecule has 0 saturated carbocycles. The Morgan fingerprint density at radius 1 is 1.14 bits per heavy atom. The first-order valence-electron chi connectivity index (χ1n) is 7.80. The lowest BCUT2D eigenvalue weighted by molar-refractivity contribution is 0.385. The van der Waals surface area contributed by atoms with Crippen LogP contribution in [0.1, 0.15) is 19.3 Å². The molecule has 0 bridgehead atoms. The molecule has 0 aliphatic carbocycles. The molecular weight excluding hydrogens is 276 g/mol. The third-order valence-electron chi connectivity index (χ3n) is 4.09. The third-order valence-corrected chi connectivity index (χ3v) is 4.09. The van der Waals surface area contributed by atoms with Gasteiger partial charge in [0.05, 0.1) is 0 Å². The van der Waals surface area contributed by atoms with Gasteiger partial charge in [0.25, 0.3) is 0 Å². The molecule has 0 radical (unpaired) electrons. The lowest BCUT2D eigenvalue weighted by Crippen LogP contribution is -2.34. The zero-order valence-electron chi connectivity index (χ0n) is 12.7. The summed E-state index contributed by atoms with van der Waals surface area (Å²) in [6.07, 6.45) is 8.80. The van der Waals surface area contributed by atoms with E-state index in [-0.39, 0.29) is 0 Å². The van der Waals surface area contributed by atoms with E-state index in [0.717, 1.165) is 43.5 Å². The molecule has 1 aliphatic heterocycles. The van der Waals surface area contributed by atoms with E-state index < -0.39 is 0 Å². The predicted molar refractivity (Wildman–Crippen MR) is 88.2 cm³/mol. The Morgan fingerprint density at radius 3 is 2.64 bits per heavy atom. The van der Waals surface area contributed by atoms with Crippen molar-refractivity contribution >= 4 is 17.5 Å². The number of hydrogen-bond acceptors (Lipinski definition) is 6. The molecule has 0 unspecified atom stereocenters. The minimum absolute atomic E-state index is 0.618. The van der Waals surface area contributed by atoms with Gasteiger partial charge in [-0.15, -0.1) is 0 Å². The Kier molecular flexibility index (Phi) is 4.80. The van der Waals surface area contributed by atoms with Gasteiger partial charge in [-0.2, -0.15) is 4.98 Å². The first-order chi connectivity index (χ1) is 10.8. The molecule has 3 N–H and O–H groups in total. The van der Waals surface area contributed by atoms with Gasteiger partial charge in [-0.05, 0) is 49.9 Å². The number of hydrogen-bond donors (Lipinski definition) is 2. The molecule has 1 saturated heterocycles. The van der Waals surface area contributed by atoms with Gasteiger partial charge in [-0.1, -0.05) is 0 Å². The highest BCUT2D eigenvalue weighted by molar-refractivity contribution is 5.54. The summed E-state index contributed by atoms with van der Waals surface area (Å²) in [5, 5.41) is 3.21. The molecule has 6 nitrogen and oxygen atoms in total. The summed E-state index contributed by atoms with van der Waals surface area (Å²) in [6, 6.07) is 5.77. The molecule has 116 valence electrons. The average molecular weight is 298 g/mol. The molecule has 0 aromatic carbocycles. The van der Waals surface area contributed by atoms with E-state index in [1.807, 2.05) is 18.2 Å². The zero-order valence-corrected chi connectivity index (χ0v) is 12.7. The molecule has 0 atom stereocenters. The Hall–Kier alpha value is -2.21. The fourth-order valence-electron chi connectivity index (χ4n) is 2.84. The Morgan fingerprint density at radius 2 is 1.91 bits per heavy atom. The van der Waals surface area contributed by atoms with Gasteiger partial charge < -0.3 is 16.0 Å². The lowest BCUT2D eigenvalue weighted by Gasteiger charge is -2.32. The monoisotopic (exact) mass is 298 g/mol. The summed E-state index contributed by atoms with van der Waals surface area (Å²) in [7, 11) is 0. The number of piperidine rings is 1. The van der Waals surface area contributed by atoms with Crippen molar-refractivity contribution in [2.24, 2.45) is 11.7 Å². The molecule has 22 heavy (non-hydrogen) atoms. The second kappa shape index (κ2) is 7.17. The summed E-state index contributed by atoms with van der Waals surface area (Å²) in [4.78, 5) is 15.2. The van der Waals surface area contributed by atoms with Crippen molar-refractivity contribution in [1.29, 1.82) is 0 Å². The first kappa shape index (κ1) is 14.7. The summed E-state index contributed by atoms with van der Waals surface area (Å²) in [5.74, 6) is 2.36. The van der Waals surface area contributed by atoms with Gasteiger partial charge in [0.15, 0.2) is 0 Å². The van der Waals surface area contributed by atoms with E-state index in [4.69, 9.17) is 5.73 Å². The van der Waals surface area contributed by atoms with E-state index >= 15 is 0 Å². The van der Waals surface area contributed by atoms with Crippen LogP contribution in [0.2, 0.25) is 0 Å². The molecule has 1 fully saturated rings. The smallest absolute Gasteiger partial charge is 0.229 e. The number of nitrogens with one attached hydrogen (secondary N) is 1. The molecule has 1 aliphatic rings. The predicted octanol–water partition coefficient (Wildman–Crippen LogP) is 2.18. The first-order valence-corrected chi connectivity index (χ1v) is 7.80. The van der Waals surface area contributed by atoms with Crippen molar-refractivity contribution in [2.45, 2.75) is 19.3 Å². The Bertz CT molecular complexity index is 580. The maximum absolute atomic E-state index is 5.65. The molecule has 3 rings (SSSR count). The van der Waals surface area contributed by atoms with Crippen LogP contribution in [0.3, 0.4) is 0 Å². The van der Waals surface area contributed by atoms with E-state index in [0.29, 0.717) is 5.95 Å². The Labute approximate surface area is 130 Å². The van der Waals surface area contributed by atoms with Crippen molar-refractivity contribution in [1.82, 2.24) is 15.0 Å². The van der Waals surface area contributed by atoms with Gasteiger partial charge in [0, 0.05) is 37.4 Å². The van der Waals surface area contributed by atoms with Crippen LogP contribution in [-0.4, -0.2) is 34.6 Å². The Balaban J connectivity index is 1.64. The summed E-state index contributed by atoms with van der Waals surface area (Å²) in [6.45, 7) is 2.87. The number of nitrogens with two attached hydrogens (primary N) is 1. The van der Waals surface area contributed by atoms with E-state index in [2.05, 4.69) is 25.2 Å². The van der Waals surface area contributed by atoms with E-state index in [1.54, 1.807) is 18.6 Å². The van der Waals surface area contributed by atoms with Crippen molar-refractivity contribution in [3.8, 4) is 0 Å². The highest BCUT2D eigenvalue weighted by Gasteiger charge is 2.19. The van der Waals surface area contributed by atoms with Gasteiger partial charge in [-0.3, -0.25) is 4.98 Å². The lowest BCUT2D eigenvalue weighted by atomic mass is 9.94. The van der Waals surface area contributed by atoms with Gasteiger partial charge in [0.1, 0.15) is 5.82 Å². The third kappa shape index (κ3) is 3.71. The average Bonchev–Trinajstić information content (AvgIpc) is 2.57. The summed E-state index contributed by atoms with van der Waals surface area (Å²) < 4.78 is 0. The van der Waals surface area contributed by atoms with E-state index in [9.17, 15) is 0 Å². The maximum atomic E-state index is 5.65. The van der Waals surface area contributed by atoms with Crippen LogP contribution in [0, 0.1) is 5.92 Å². The van der Waals surface area contributed by atoms with Crippen molar-refractivity contribution < 1.29 is 0 Å². The fourth-order valence-corrected chi connectivity index (χ4v) is 2.84. The van der Waals surface area contributed by atoms with Crippen LogP contribution in [0.5, 0.6) is 0 Å². The minimum atomic E-state index is 0.618. The van der Waals surface area contributed by atoms with Crippen LogP contribution in [0.25, 0.3) is 0 Å². The molecule has 6 heteroatoms. The van der Waals surface area contributed by atoms with Gasteiger partial charge in [-0.25, -0.2) is 4.98 Å². The van der Waals surface area contributed by atoms with Gasteiger partial charge in [0.2, 0.25) is 5.95 Å². The van der Waals surface area contributed by atoms with Crippen molar-refractivity contribution in [2.75, 3.05) is 29.9 Å². The topological polar surface area (TPSA) is 80.0 Å². The largest absolute Gasteiger partial charge is 0.356 e. The number of anilines is 3. The van der Waals surface area contributed by atoms with E-state index in [1.165, 1.54) is 12.8 Å². The normalized spacial score (nSPS) is 15.8. The highest BCUT2D eigenvalue weighted by Crippen LogP contribution is 2.24. The van der Waals surface area contributed by atoms with Crippen LogP contribution in [0.15, 0.2) is 36.8 Å². The number of rotatable bonds is 5. The number of pyridine rings is 1. The van der Waals surface area contributed by atoms with Crippen LogP contribution >= 0.6 is 0 Å². The van der Waals surface area contributed by atoms with Crippen molar-refractivity contribution in [3.63, 3.8) is 0 Å². The quantitative estimate of drug-likeness (QED) is 0.880. The molecule has 2 aromatic rings. The number of nitrogens with zero attached hydrogens (tertiary/aromatic N) is 4. The molecule has 0 amide bonds. The fraction of sp³-hybridized carbons (Fsp3) is 0.438. The molecule has 2 aromatic heterocycles. The maximum Gasteiger partial charge on any atom is 0.229 e.